The van der Waals surface area contributed by atoms with Gasteiger partial charge in [-0.1, -0.05) is 11.6 Å². The van der Waals surface area contributed by atoms with E-state index in [1.54, 1.807) is 0 Å². The lowest BCUT2D eigenvalue weighted by Crippen LogP contribution is -2.40. The zero-order chi connectivity index (χ0) is 16.8. The Bertz CT molecular complexity index is 699. The monoisotopic (exact) mass is 350 g/mol. The highest BCUT2D eigenvalue weighted by atomic mass is 35.5. The molecule has 2 aliphatic rings. The van der Waals surface area contributed by atoms with Gasteiger partial charge in [0, 0.05) is 11.6 Å². The van der Waals surface area contributed by atoms with Gasteiger partial charge in [0.15, 0.2) is 11.5 Å². The van der Waals surface area contributed by atoms with Gasteiger partial charge in [-0.05, 0) is 13.0 Å². The summed E-state index contributed by atoms with van der Waals surface area (Å²) >= 11 is 6.12. The molecule has 23 heavy (non-hydrogen) atoms. The summed E-state index contributed by atoms with van der Waals surface area (Å²) in [5.74, 6) is -0.884. The third kappa shape index (κ3) is 2.67. The second kappa shape index (κ2) is 5.52. The van der Waals surface area contributed by atoms with E-state index in [0.717, 1.165) is 6.08 Å². The van der Waals surface area contributed by atoms with E-state index in [1.807, 2.05) is 0 Å². The largest absolute Gasteiger partial charge is 0.475 e. The van der Waals surface area contributed by atoms with Gasteiger partial charge in [-0.15, -0.1) is 0 Å². The number of fused-ring (bicyclic) bond motifs is 2. The molecule has 1 atom stereocenters. The highest BCUT2D eigenvalue weighted by Gasteiger charge is 2.49. The molecule has 1 aromatic rings. The van der Waals surface area contributed by atoms with Gasteiger partial charge < -0.3 is 18.9 Å². The van der Waals surface area contributed by atoms with E-state index in [4.69, 9.17) is 25.8 Å². The summed E-state index contributed by atoms with van der Waals surface area (Å²) in [4.78, 5) is 11.8. The summed E-state index contributed by atoms with van der Waals surface area (Å²) in [5.41, 5.74) is -0.563. The maximum Gasteiger partial charge on any atom is 0.430 e. The molecule has 5 nitrogen and oxygen atoms in total. The molecule has 9 heteroatoms. The van der Waals surface area contributed by atoms with Crippen LogP contribution in [0.1, 0.15) is 12.5 Å². The molecule has 2 heterocycles. The summed E-state index contributed by atoms with van der Waals surface area (Å²) in [6.45, 7) is 1.32. The van der Waals surface area contributed by atoms with Crippen LogP contribution in [0.3, 0.4) is 0 Å². The quantitative estimate of drug-likeness (QED) is 0.766. The third-order valence-electron chi connectivity index (χ3n) is 3.24. The first-order chi connectivity index (χ1) is 10.8. The highest BCUT2D eigenvalue weighted by molar-refractivity contribution is 6.34. The van der Waals surface area contributed by atoms with Crippen LogP contribution in [0.2, 0.25) is 5.02 Å². The molecule has 0 radical (unpaired) electrons. The lowest BCUT2D eigenvalue weighted by molar-refractivity contribution is -0.187. The number of carbonyl (C=O) groups excluding carboxylic acids is 1. The first-order valence-corrected chi connectivity index (χ1v) is 6.95. The normalized spacial score (nSPS) is 18.8. The van der Waals surface area contributed by atoms with Gasteiger partial charge in [-0.3, -0.25) is 0 Å². The summed E-state index contributed by atoms with van der Waals surface area (Å²) in [5, 5.41) is 0.0115. The number of hydrogen-bond donors (Lipinski definition) is 0. The van der Waals surface area contributed by atoms with Gasteiger partial charge in [0.05, 0.1) is 17.2 Å². The number of carbonyl (C=O) groups is 1. The van der Waals surface area contributed by atoms with Crippen LogP contribution in [0.4, 0.5) is 13.2 Å². The number of rotatable bonds is 2. The molecule has 124 valence electrons. The number of halogens is 4. The van der Waals surface area contributed by atoms with Crippen LogP contribution in [-0.2, 0) is 9.53 Å². The molecule has 0 aromatic heterocycles. The molecular formula is C14H10ClF3O5. The lowest BCUT2D eigenvalue weighted by Gasteiger charge is -2.28. The Balaban J connectivity index is 2.13. The third-order valence-corrected chi connectivity index (χ3v) is 3.62. The summed E-state index contributed by atoms with van der Waals surface area (Å²) < 4.78 is 59.5. The van der Waals surface area contributed by atoms with Crippen LogP contribution in [-0.4, -0.2) is 31.6 Å². The Morgan fingerprint density at radius 2 is 2.13 bits per heavy atom. The van der Waals surface area contributed by atoms with Gasteiger partial charge in [0.25, 0.3) is 0 Å². The van der Waals surface area contributed by atoms with Crippen molar-refractivity contribution in [3.05, 3.63) is 22.2 Å². The average molecular weight is 351 g/mol. The maximum absolute atomic E-state index is 13.2. The topological polar surface area (TPSA) is 54.0 Å². The Labute approximate surface area is 133 Å². The van der Waals surface area contributed by atoms with E-state index in [2.05, 4.69) is 4.74 Å². The average Bonchev–Trinajstić information content (AvgIpc) is 2.94. The van der Waals surface area contributed by atoms with Crippen molar-refractivity contribution in [3.8, 4) is 17.2 Å². The molecule has 0 aliphatic carbocycles. The highest BCUT2D eigenvalue weighted by Crippen LogP contribution is 2.49. The molecule has 0 bridgehead atoms. The molecule has 0 fully saturated rings. The smallest absolute Gasteiger partial charge is 0.430 e. The van der Waals surface area contributed by atoms with Crippen molar-refractivity contribution in [3.63, 3.8) is 0 Å². The Hall–Kier alpha value is -2.09. The zero-order valence-electron chi connectivity index (χ0n) is 11.7. The van der Waals surface area contributed by atoms with Crippen LogP contribution in [0, 0.1) is 0 Å². The van der Waals surface area contributed by atoms with Crippen molar-refractivity contribution in [1.29, 1.82) is 0 Å². The number of hydrogen-bond acceptors (Lipinski definition) is 5. The molecule has 0 amide bonds. The molecular weight excluding hydrogens is 341 g/mol. The van der Waals surface area contributed by atoms with Crippen LogP contribution in [0.25, 0.3) is 6.08 Å². The molecule has 0 N–H and O–H groups in total. The number of esters is 1. The van der Waals surface area contributed by atoms with E-state index in [0.29, 0.717) is 0 Å². The van der Waals surface area contributed by atoms with Crippen LogP contribution in [0.15, 0.2) is 11.6 Å². The summed E-state index contributed by atoms with van der Waals surface area (Å²) in [6, 6.07) is 1.25. The van der Waals surface area contributed by atoms with Gasteiger partial charge in [0.1, 0.15) is 5.75 Å². The van der Waals surface area contributed by atoms with E-state index in [-0.39, 0.29) is 41.2 Å². The van der Waals surface area contributed by atoms with E-state index >= 15 is 0 Å². The van der Waals surface area contributed by atoms with Crippen molar-refractivity contribution in [2.45, 2.75) is 19.2 Å². The maximum atomic E-state index is 13.2. The van der Waals surface area contributed by atoms with Gasteiger partial charge in [0.2, 0.25) is 12.9 Å². The second-order valence-corrected chi connectivity index (χ2v) is 5.07. The predicted molar refractivity (Wildman–Crippen MR) is 72.7 cm³/mol. The molecule has 1 aromatic carbocycles. The Morgan fingerprint density at radius 1 is 1.39 bits per heavy atom. The van der Waals surface area contributed by atoms with Gasteiger partial charge >= 0.3 is 12.1 Å². The fraction of sp³-hybridized carbons (Fsp3) is 0.357. The molecule has 3 rings (SSSR count). The number of alkyl halides is 3. The predicted octanol–water partition coefficient (Wildman–Crippen LogP) is 3.34. The Kier molecular flexibility index (Phi) is 3.79. The van der Waals surface area contributed by atoms with Crippen LogP contribution >= 0.6 is 11.6 Å². The van der Waals surface area contributed by atoms with E-state index in [1.165, 1.54) is 13.0 Å². The van der Waals surface area contributed by atoms with Crippen LogP contribution < -0.4 is 14.2 Å². The molecule has 0 saturated carbocycles. The summed E-state index contributed by atoms with van der Waals surface area (Å²) in [6.07, 6.45) is -6.22. The lowest BCUT2D eigenvalue weighted by atomic mass is 10.0. The fourth-order valence-corrected chi connectivity index (χ4v) is 2.57. The van der Waals surface area contributed by atoms with E-state index in [9.17, 15) is 18.0 Å². The van der Waals surface area contributed by atoms with Crippen LogP contribution in [0.5, 0.6) is 17.2 Å². The minimum atomic E-state index is -4.79. The first kappa shape index (κ1) is 15.8. The fourth-order valence-electron chi connectivity index (χ4n) is 2.27. The zero-order valence-corrected chi connectivity index (χ0v) is 12.5. The Morgan fingerprint density at radius 3 is 2.78 bits per heavy atom. The standard InChI is InChI=1S/C14H10ClF3O5/c1-2-20-13(19)7-3-6-8(23-12(7)14(16,17)18)4-9-11(10(6)15)22-5-21-9/h3-4,12H,2,5H2,1H3. The van der Waals surface area contributed by atoms with Crippen molar-refractivity contribution in [2.75, 3.05) is 13.4 Å². The van der Waals surface area contributed by atoms with Crippen molar-refractivity contribution < 1.29 is 36.9 Å². The minimum Gasteiger partial charge on any atom is -0.475 e. The van der Waals surface area contributed by atoms with Gasteiger partial charge in [-0.2, -0.15) is 13.2 Å². The summed E-state index contributed by atoms with van der Waals surface area (Å²) in [7, 11) is 0. The number of benzene rings is 1. The van der Waals surface area contributed by atoms with E-state index < -0.39 is 23.8 Å². The molecule has 0 spiro atoms. The second-order valence-electron chi connectivity index (χ2n) is 4.70. The minimum absolute atomic E-state index is 0.0115. The van der Waals surface area contributed by atoms with Gasteiger partial charge in [-0.25, -0.2) is 4.79 Å². The molecule has 2 aliphatic heterocycles. The first-order valence-electron chi connectivity index (χ1n) is 6.57. The molecule has 1 unspecified atom stereocenters. The molecule has 0 saturated heterocycles. The SMILES string of the molecule is CCOC(=O)C1=Cc2c(cc3c(c2Cl)OCO3)OC1C(F)(F)F. The van der Waals surface area contributed by atoms with Crippen molar-refractivity contribution in [2.24, 2.45) is 0 Å². The number of ether oxygens (including phenoxy) is 4. The van der Waals surface area contributed by atoms with Crippen molar-refractivity contribution in [1.82, 2.24) is 0 Å². The van der Waals surface area contributed by atoms with Crippen molar-refractivity contribution >= 4 is 23.6 Å².